The molecular formula is C13H20N2O3. The van der Waals surface area contributed by atoms with Gasteiger partial charge in [-0.3, -0.25) is 0 Å². The smallest absolute Gasteiger partial charge is 0.410 e. The van der Waals surface area contributed by atoms with Crippen LogP contribution in [-0.2, 0) is 4.74 Å². The molecule has 2 saturated heterocycles. The molecule has 3 rings (SSSR count). The van der Waals surface area contributed by atoms with Crippen molar-refractivity contribution >= 4 is 6.09 Å². The molecule has 0 aromatic rings. The molecule has 0 aromatic carbocycles. The summed E-state index contributed by atoms with van der Waals surface area (Å²) >= 11 is 0. The van der Waals surface area contributed by atoms with Crippen LogP contribution < -0.4 is 0 Å². The molecule has 1 saturated carbocycles. The number of nitrogens with zero attached hydrogens (tertiary/aromatic N) is 2. The summed E-state index contributed by atoms with van der Waals surface area (Å²) in [6.07, 6.45) is 0.138. The first-order valence-corrected chi connectivity index (χ1v) is 6.38. The number of rotatable bonds is 2. The van der Waals surface area contributed by atoms with Crippen molar-refractivity contribution in [1.82, 2.24) is 4.90 Å². The van der Waals surface area contributed by atoms with Crippen LogP contribution in [0.15, 0.2) is 0 Å². The summed E-state index contributed by atoms with van der Waals surface area (Å²) in [6.45, 7) is 6.17. The van der Waals surface area contributed by atoms with E-state index in [-0.39, 0.29) is 24.5 Å². The van der Waals surface area contributed by atoms with Crippen molar-refractivity contribution in [3.8, 4) is 6.07 Å². The highest BCUT2D eigenvalue weighted by molar-refractivity contribution is 5.69. The molecule has 1 N–H and O–H groups in total. The first-order valence-electron chi connectivity index (χ1n) is 6.38. The zero-order valence-electron chi connectivity index (χ0n) is 11.1. The Bertz CT molecular complexity index is 383. The minimum Gasteiger partial charge on any atom is -0.444 e. The third-order valence-corrected chi connectivity index (χ3v) is 3.74. The maximum atomic E-state index is 12.0. The molecule has 1 aliphatic carbocycles. The van der Waals surface area contributed by atoms with Gasteiger partial charge in [-0.1, -0.05) is 0 Å². The minimum absolute atomic E-state index is 0.0493. The van der Waals surface area contributed by atoms with E-state index in [1.54, 1.807) is 4.90 Å². The number of hydrogen-bond donors (Lipinski definition) is 1. The Morgan fingerprint density at radius 2 is 2.28 bits per heavy atom. The number of nitriles is 1. The normalized spacial score (nSPS) is 31.5. The van der Waals surface area contributed by atoms with Crippen molar-refractivity contribution in [3.05, 3.63) is 0 Å². The lowest BCUT2D eigenvalue weighted by molar-refractivity contribution is -0.00310. The zero-order valence-corrected chi connectivity index (χ0v) is 11.1. The van der Waals surface area contributed by atoms with E-state index in [1.807, 2.05) is 26.8 Å². The van der Waals surface area contributed by atoms with Crippen molar-refractivity contribution in [3.63, 3.8) is 0 Å². The van der Waals surface area contributed by atoms with Gasteiger partial charge in [0.05, 0.1) is 18.6 Å². The molecule has 2 unspecified atom stereocenters. The molecule has 2 heterocycles. The number of aliphatic hydroxyl groups is 1. The zero-order chi connectivity index (χ0) is 13.5. The first-order chi connectivity index (χ1) is 8.33. The van der Waals surface area contributed by atoms with E-state index in [1.165, 1.54) is 0 Å². The number of fused-ring (bicyclic) bond motifs is 1. The molecule has 4 atom stereocenters. The molecule has 2 aliphatic heterocycles. The van der Waals surface area contributed by atoms with Crippen LogP contribution in [0.3, 0.4) is 0 Å². The number of ether oxygens (including phenoxy) is 1. The SMILES string of the molecule is CC(C)(C)OC(=O)N1C[C@@H]2C[C@H]1C2C(O)CC#N. The molecule has 100 valence electrons. The standard InChI is InChI=1S/C13H20N2O3/c1-13(2,3)18-12(17)15-7-8-6-9(15)11(8)10(16)4-5-14/h8-11,16H,4,6-7H2,1-3H3/t8-,9-,10?,11?/m0/s1. The van der Waals surface area contributed by atoms with Crippen LogP contribution in [0.25, 0.3) is 0 Å². The predicted molar refractivity (Wildman–Crippen MR) is 64.6 cm³/mol. The van der Waals surface area contributed by atoms with Gasteiger partial charge < -0.3 is 14.7 Å². The lowest BCUT2D eigenvalue weighted by Gasteiger charge is -2.39. The molecule has 0 spiro atoms. The summed E-state index contributed by atoms with van der Waals surface area (Å²) in [4.78, 5) is 13.7. The Morgan fingerprint density at radius 3 is 2.83 bits per heavy atom. The van der Waals surface area contributed by atoms with Crippen LogP contribution in [0, 0.1) is 23.2 Å². The van der Waals surface area contributed by atoms with Gasteiger partial charge >= 0.3 is 6.09 Å². The van der Waals surface area contributed by atoms with Crippen molar-refractivity contribution in [2.24, 2.45) is 11.8 Å². The van der Waals surface area contributed by atoms with Gasteiger partial charge in [-0.05, 0) is 33.1 Å². The maximum Gasteiger partial charge on any atom is 0.410 e. The summed E-state index contributed by atoms with van der Waals surface area (Å²) in [5, 5.41) is 18.5. The van der Waals surface area contributed by atoms with Crippen LogP contribution in [0.5, 0.6) is 0 Å². The molecule has 2 bridgehead atoms. The Kier molecular flexibility index (Phi) is 3.24. The number of amides is 1. The molecule has 0 radical (unpaired) electrons. The predicted octanol–water partition coefficient (Wildman–Crippen LogP) is 1.52. The van der Waals surface area contributed by atoms with E-state index < -0.39 is 11.7 Å². The van der Waals surface area contributed by atoms with E-state index in [2.05, 4.69) is 0 Å². The summed E-state index contributed by atoms with van der Waals surface area (Å²) < 4.78 is 5.35. The summed E-state index contributed by atoms with van der Waals surface area (Å²) in [5.41, 5.74) is -0.495. The minimum atomic E-state index is -0.619. The van der Waals surface area contributed by atoms with Crippen molar-refractivity contribution in [2.45, 2.75) is 51.4 Å². The van der Waals surface area contributed by atoms with Crippen LogP contribution in [-0.4, -0.2) is 40.4 Å². The van der Waals surface area contributed by atoms with Gasteiger partial charge in [-0.25, -0.2) is 4.79 Å². The van der Waals surface area contributed by atoms with Gasteiger partial charge in [0, 0.05) is 18.5 Å². The fraction of sp³-hybridized carbons (Fsp3) is 0.846. The van der Waals surface area contributed by atoms with Gasteiger partial charge in [-0.2, -0.15) is 5.26 Å². The molecule has 5 heteroatoms. The van der Waals surface area contributed by atoms with Crippen molar-refractivity contribution < 1.29 is 14.6 Å². The monoisotopic (exact) mass is 252 g/mol. The quantitative estimate of drug-likeness (QED) is 0.808. The van der Waals surface area contributed by atoms with E-state index in [9.17, 15) is 9.90 Å². The van der Waals surface area contributed by atoms with Gasteiger partial charge in [0.2, 0.25) is 0 Å². The molecular weight excluding hydrogens is 232 g/mol. The van der Waals surface area contributed by atoms with E-state index in [4.69, 9.17) is 10.00 Å². The molecule has 3 aliphatic rings. The number of carbonyl (C=O) groups is 1. The van der Waals surface area contributed by atoms with Gasteiger partial charge in [0.25, 0.3) is 0 Å². The van der Waals surface area contributed by atoms with E-state index in [0.717, 1.165) is 6.42 Å². The fourth-order valence-electron chi connectivity index (χ4n) is 2.99. The van der Waals surface area contributed by atoms with Crippen LogP contribution in [0.1, 0.15) is 33.6 Å². The first kappa shape index (κ1) is 13.2. The highest BCUT2D eigenvalue weighted by Gasteiger charge is 2.56. The second-order valence-corrected chi connectivity index (χ2v) is 6.20. The summed E-state index contributed by atoms with van der Waals surface area (Å²) in [5.74, 6) is 0.378. The third kappa shape index (κ3) is 2.30. The van der Waals surface area contributed by atoms with Crippen LogP contribution in [0.4, 0.5) is 4.79 Å². The second kappa shape index (κ2) is 4.43. The van der Waals surface area contributed by atoms with Crippen LogP contribution in [0.2, 0.25) is 0 Å². The molecule has 1 amide bonds. The van der Waals surface area contributed by atoms with E-state index >= 15 is 0 Å². The lowest BCUT2D eigenvalue weighted by Crippen LogP contribution is -2.47. The average molecular weight is 252 g/mol. The number of hydrogen-bond acceptors (Lipinski definition) is 4. The Morgan fingerprint density at radius 1 is 1.61 bits per heavy atom. The Balaban J connectivity index is 1.96. The highest BCUT2D eigenvalue weighted by atomic mass is 16.6. The van der Waals surface area contributed by atoms with Gasteiger partial charge in [0.15, 0.2) is 0 Å². The third-order valence-electron chi connectivity index (χ3n) is 3.74. The Hall–Kier alpha value is -1.28. The van der Waals surface area contributed by atoms with E-state index in [0.29, 0.717) is 12.5 Å². The van der Waals surface area contributed by atoms with Crippen molar-refractivity contribution in [1.29, 1.82) is 5.26 Å². The number of aliphatic hydroxyl groups excluding tert-OH is 1. The van der Waals surface area contributed by atoms with Crippen LogP contribution >= 0.6 is 0 Å². The second-order valence-electron chi connectivity index (χ2n) is 6.20. The van der Waals surface area contributed by atoms with Gasteiger partial charge in [0.1, 0.15) is 5.60 Å². The molecule has 18 heavy (non-hydrogen) atoms. The maximum absolute atomic E-state index is 12.0. The lowest BCUT2D eigenvalue weighted by atomic mass is 9.70. The molecule has 5 nitrogen and oxygen atoms in total. The number of carbonyl (C=O) groups excluding carboxylic acids is 1. The largest absolute Gasteiger partial charge is 0.444 e. The Labute approximate surface area is 107 Å². The molecule has 3 fully saturated rings. The summed E-state index contributed by atoms with van der Waals surface area (Å²) in [6, 6.07) is 2.03. The van der Waals surface area contributed by atoms with Gasteiger partial charge in [-0.15, -0.1) is 0 Å². The topological polar surface area (TPSA) is 73.6 Å². The highest BCUT2D eigenvalue weighted by Crippen LogP contribution is 2.48. The summed E-state index contributed by atoms with van der Waals surface area (Å²) in [7, 11) is 0. The average Bonchev–Trinajstić information content (AvgIpc) is 2.71. The van der Waals surface area contributed by atoms with Crippen molar-refractivity contribution in [2.75, 3.05) is 6.54 Å². The fourth-order valence-corrected chi connectivity index (χ4v) is 2.99. The molecule has 0 aromatic heterocycles.